The number of aliphatic hydroxyl groups excluding tert-OH is 1. The molecule has 0 aliphatic rings. The third-order valence-electron chi connectivity index (χ3n) is 4.92. The molecular weight excluding hydrogens is 412 g/mol. The molecule has 1 unspecified atom stereocenters. The van der Waals surface area contributed by atoms with Crippen molar-refractivity contribution in [1.29, 1.82) is 0 Å². The number of benzene rings is 2. The number of para-hydroxylation sites is 1. The molecule has 0 saturated heterocycles. The van der Waals surface area contributed by atoms with Gasteiger partial charge in [0.2, 0.25) is 0 Å². The number of carbonyl (C=O) groups is 1. The van der Waals surface area contributed by atoms with E-state index in [9.17, 15) is 9.90 Å². The second-order valence-electron chi connectivity index (χ2n) is 8.53. The SMILES string of the molecule is Cc1c(C(C)O)c2cc(OCc3nc4ccccc4s3)ccc2n1C(=O)OC(C)(C)C. The molecule has 4 aromatic rings. The molecule has 31 heavy (non-hydrogen) atoms. The van der Waals surface area contributed by atoms with Crippen LogP contribution in [0.2, 0.25) is 0 Å². The summed E-state index contributed by atoms with van der Waals surface area (Å²) in [5, 5.41) is 12.0. The van der Waals surface area contributed by atoms with Crippen LogP contribution in [0.15, 0.2) is 42.5 Å². The highest BCUT2D eigenvalue weighted by molar-refractivity contribution is 7.18. The second kappa shape index (κ2) is 7.98. The number of nitrogens with zero attached hydrogens (tertiary/aromatic N) is 2. The van der Waals surface area contributed by atoms with Crippen molar-refractivity contribution in [3.05, 3.63) is 58.7 Å². The molecular formula is C24H26N2O4S. The topological polar surface area (TPSA) is 73.6 Å². The van der Waals surface area contributed by atoms with E-state index in [2.05, 4.69) is 4.98 Å². The summed E-state index contributed by atoms with van der Waals surface area (Å²) in [5.74, 6) is 0.648. The maximum atomic E-state index is 12.8. The molecule has 2 aromatic heterocycles. The first-order chi connectivity index (χ1) is 14.6. The van der Waals surface area contributed by atoms with Gasteiger partial charge in [0.15, 0.2) is 0 Å². The molecule has 2 aromatic carbocycles. The van der Waals surface area contributed by atoms with Crippen LogP contribution in [0.4, 0.5) is 4.79 Å². The van der Waals surface area contributed by atoms with Crippen molar-refractivity contribution in [3.63, 3.8) is 0 Å². The highest BCUT2D eigenvalue weighted by Gasteiger charge is 2.25. The highest BCUT2D eigenvalue weighted by atomic mass is 32.1. The number of hydrogen-bond donors (Lipinski definition) is 1. The van der Waals surface area contributed by atoms with Gasteiger partial charge in [0.05, 0.1) is 21.8 Å². The summed E-state index contributed by atoms with van der Waals surface area (Å²) in [6, 6.07) is 13.5. The minimum atomic E-state index is -0.745. The molecule has 0 bridgehead atoms. The van der Waals surface area contributed by atoms with Crippen LogP contribution in [0.5, 0.6) is 5.75 Å². The van der Waals surface area contributed by atoms with E-state index in [1.54, 1.807) is 18.3 Å². The number of thiazole rings is 1. The van der Waals surface area contributed by atoms with Gasteiger partial charge in [0.1, 0.15) is 23.0 Å². The zero-order valence-electron chi connectivity index (χ0n) is 18.3. The van der Waals surface area contributed by atoms with Crippen LogP contribution in [-0.4, -0.2) is 26.4 Å². The lowest BCUT2D eigenvalue weighted by atomic mass is 10.1. The van der Waals surface area contributed by atoms with Gasteiger partial charge >= 0.3 is 6.09 Å². The fourth-order valence-electron chi connectivity index (χ4n) is 3.71. The maximum Gasteiger partial charge on any atom is 0.419 e. The Morgan fingerprint density at radius 2 is 1.97 bits per heavy atom. The molecule has 0 aliphatic carbocycles. The molecule has 0 aliphatic heterocycles. The summed E-state index contributed by atoms with van der Waals surface area (Å²) in [6.45, 7) is 9.34. The third kappa shape index (κ3) is 4.29. The van der Waals surface area contributed by atoms with E-state index in [-0.39, 0.29) is 0 Å². The predicted molar refractivity (Wildman–Crippen MR) is 123 cm³/mol. The fourth-order valence-corrected chi connectivity index (χ4v) is 4.59. The number of hydrogen-bond acceptors (Lipinski definition) is 6. The summed E-state index contributed by atoms with van der Waals surface area (Å²) in [6.07, 6.45) is -1.21. The molecule has 2 heterocycles. The van der Waals surface area contributed by atoms with Crippen molar-refractivity contribution >= 4 is 38.5 Å². The van der Waals surface area contributed by atoms with Crippen LogP contribution >= 0.6 is 11.3 Å². The van der Waals surface area contributed by atoms with E-state index >= 15 is 0 Å². The van der Waals surface area contributed by atoms with Gasteiger partial charge in [0, 0.05) is 16.6 Å². The van der Waals surface area contributed by atoms with Gasteiger partial charge in [-0.3, -0.25) is 0 Å². The molecule has 1 N–H and O–H groups in total. The van der Waals surface area contributed by atoms with Gasteiger partial charge in [-0.1, -0.05) is 12.1 Å². The third-order valence-corrected chi connectivity index (χ3v) is 5.93. The number of fused-ring (bicyclic) bond motifs is 2. The molecule has 7 heteroatoms. The molecule has 4 rings (SSSR count). The van der Waals surface area contributed by atoms with E-state index in [0.717, 1.165) is 20.6 Å². The standard InChI is InChI=1S/C24H26N2O4S/c1-14-22(15(2)27)17-12-16(10-11-19(17)26(14)23(28)30-24(3,4)5)29-13-21-25-18-8-6-7-9-20(18)31-21/h6-12,15,27H,13H2,1-5H3. The largest absolute Gasteiger partial charge is 0.486 e. The van der Waals surface area contributed by atoms with Crippen LogP contribution < -0.4 is 4.74 Å². The molecule has 1 atom stereocenters. The van der Waals surface area contributed by atoms with Crippen LogP contribution in [-0.2, 0) is 11.3 Å². The van der Waals surface area contributed by atoms with Crippen molar-refractivity contribution in [3.8, 4) is 5.75 Å². The lowest BCUT2D eigenvalue weighted by Gasteiger charge is -2.20. The number of rotatable bonds is 4. The first-order valence-corrected chi connectivity index (χ1v) is 11.0. The zero-order valence-corrected chi connectivity index (χ0v) is 19.1. The van der Waals surface area contributed by atoms with Crippen LogP contribution in [0.25, 0.3) is 21.1 Å². The number of aliphatic hydroxyl groups is 1. The minimum Gasteiger partial charge on any atom is -0.486 e. The Balaban J connectivity index is 1.67. The Hall–Kier alpha value is -2.90. The summed E-state index contributed by atoms with van der Waals surface area (Å²) < 4.78 is 14.2. The zero-order chi connectivity index (χ0) is 22.3. The summed E-state index contributed by atoms with van der Waals surface area (Å²) >= 11 is 1.60. The van der Waals surface area contributed by atoms with E-state index in [4.69, 9.17) is 9.47 Å². The van der Waals surface area contributed by atoms with E-state index in [1.807, 2.05) is 70.2 Å². The minimum absolute atomic E-state index is 0.348. The molecule has 0 spiro atoms. The Morgan fingerprint density at radius 1 is 1.23 bits per heavy atom. The number of carbonyl (C=O) groups excluding carboxylic acids is 1. The fraction of sp³-hybridized carbons (Fsp3) is 0.333. The normalized spacial score (nSPS) is 13.0. The van der Waals surface area contributed by atoms with Gasteiger partial charge in [-0.25, -0.2) is 14.3 Å². The Morgan fingerprint density at radius 3 is 2.65 bits per heavy atom. The first-order valence-electron chi connectivity index (χ1n) is 10.2. The molecule has 0 radical (unpaired) electrons. The first kappa shape index (κ1) is 21.3. The van der Waals surface area contributed by atoms with Gasteiger partial charge < -0.3 is 14.6 Å². The number of ether oxygens (including phenoxy) is 2. The Kier molecular flexibility index (Phi) is 5.49. The quantitative estimate of drug-likeness (QED) is 0.425. The lowest BCUT2D eigenvalue weighted by molar-refractivity contribution is 0.0541. The van der Waals surface area contributed by atoms with Gasteiger partial charge in [-0.15, -0.1) is 11.3 Å². The molecule has 0 amide bonds. The summed E-state index contributed by atoms with van der Waals surface area (Å²) in [4.78, 5) is 17.4. The number of aromatic nitrogens is 2. The summed E-state index contributed by atoms with van der Waals surface area (Å²) in [7, 11) is 0. The van der Waals surface area contributed by atoms with Crippen LogP contribution in [0.1, 0.15) is 50.1 Å². The van der Waals surface area contributed by atoms with Crippen LogP contribution in [0, 0.1) is 6.92 Å². The van der Waals surface area contributed by atoms with E-state index < -0.39 is 17.8 Å². The molecule has 162 valence electrons. The van der Waals surface area contributed by atoms with Gasteiger partial charge in [-0.05, 0) is 65.0 Å². The van der Waals surface area contributed by atoms with E-state index in [0.29, 0.717) is 29.1 Å². The van der Waals surface area contributed by atoms with E-state index in [1.165, 1.54) is 4.57 Å². The highest BCUT2D eigenvalue weighted by Crippen LogP contribution is 2.34. The lowest BCUT2D eigenvalue weighted by Crippen LogP contribution is -2.27. The molecule has 0 saturated carbocycles. The molecule has 0 fully saturated rings. The van der Waals surface area contributed by atoms with Crippen molar-refractivity contribution in [1.82, 2.24) is 9.55 Å². The van der Waals surface area contributed by atoms with Crippen molar-refractivity contribution in [2.75, 3.05) is 0 Å². The van der Waals surface area contributed by atoms with Crippen molar-refractivity contribution < 1.29 is 19.4 Å². The Bertz CT molecular complexity index is 1230. The average Bonchev–Trinajstić information content (AvgIpc) is 3.21. The van der Waals surface area contributed by atoms with Gasteiger partial charge in [0.25, 0.3) is 0 Å². The smallest absolute Gasteiger partial charge is 0.419 e. The molecule has 6 nitrogen and oxygen atoms in total. The van der Waals surface area contributed by atoms with Crippen molar-refractivity contribution in [2.45, 2.75) is 52.9 Å². The predicted octanol–water partition coefficient (Wildman–Crippen LogP) is 5.97. The van der Waals surface area contributed by atoms with Gasteiger partial charge in [-0.2, -0.15) is 0 Å². The Labute approximate surface area is 185 Å². The summed E-state index contributed by atoms with van der Waals surface area (Å²) in [5.41, 5.74) is 2.36. The second-order valence-corrected chi connectivity index (χ2v) is 9.65. The maximum absolute atomic E-state index is 12.8. The average molecular weight is 439 g/mol. The van der Waals surface area contributed by atoms with Crippen molar-refractivity contribution in [2.24, 2.45) is 0 Å². The van der Waals surface area contributed by atoms with Crippen LogP contribution in [0.3, 0.4) is 0 Å². The monoisotopic (exact) mass is 438 g/mol.